The molecule has 1 unspecified atom stereocenters. The van der Waals surface area contributed by atoms with Gasteiger partial charge in [-0.05, 0) is 37.5 Å². The molecule has 40 heavy (non-hydrogen) atoms. The molecule has 1 aliphatic heterocycles. The van der Waals surface area contributed by atoms with Gasteiger partial charge in [-0.2, -0.15) is 13.2 Å². The second-order valence-corrected chi connectivity index (χ2v) is 9.82. The van der Waals surface area contributed by atoms with Crippen molar-refractivity contribution in [3.05, 3.63) is 114 Å². The monoisotopic (exact) mass is 552 g/mol. The fourth-order valence-corrected chi connectivity index (χ4v) is 4.95. The number of aryl methyl sites for hydroxylation is 1. The summed E-state index contributed by atoms with van der Waals surface area (Å²) in [6, 6.07) is 13.3. The summed E-state index contributed by atoms with van der Waals surface area (Å²) in [5.41, 5.74) is 3.06. The van der Waals surface area contributed by atoms with Crippen LogP contribution in [0.4, 0.5) is 19.0 Å². The van der Waals surface area contributed by atoms with E-state index in [2.05, 4.69) is 19.7 Å². The van der Waals surface area contributed by atoms with Crippen molar-refractivity contribution in [1.82, 2.24) is 14.5 Å². The highest BCUT2D eigenvalue weighted by Gasteiger charge is 2.37. The lowest BCUT2D eigenvalue weighted by molar-refractivity contribution is -0.137. The van der Waals surface area contributed by atoms with E-state index < -0.39 is 17.7 Å². The Hall–Kier alpha value is -3.98. The van der Waals surface area contributed by atoms with Gasteiger partial charge in [0.2, 0.25) is 0 Å². The Kier molecular flexibility index (Phi) is 8.44. The van der Waals surface area contributed by atoms with E-state index in [9.17, 15) is 18.3 Å². The summed E-state index contributed by atoms with van der Waals surface area (Å²) in [6.45, 7) is 17.7. The van der Waals surface area contributed by atoms with Crippen LogP contribution >= 0.6 is 0 Å². The highest BCUT2D eigenvalue weighted by atomic mass is 19.4. The van der Waals surface area contributed by atoms with Gasteiger partial charge < -0.3 is 24.2 Å². The highest BCUT2D eigenvalue weighted by molar-refractivity contribution is 5.77. The Labute approximate surface area is 233 Å². The quantitative estimate of drug-likeness (QED) is 0.291. The Morgan fingerprint density at radius 3 is 2.45 bits per heavy atom. The molecule has 3 aromatic rings. The van der Waals surface area contributed by atoms with Crippen LogP contribution in [-0.4, -0.2) is 46.4 Å². The minimum absolute atomic E-state index is 0.00725. The fourth-order valence-electron chi connectivity index (χ4n) is 4.95. The second-order valence-electron chi connectivity index (χ2n) is 9.82. The Morgan fingerprint density at radius 1 is 1.12 bits per heavy atom. The molecular formula is C31H35F3N4O2. The maximum Gasteiger partial charge on any atom is 0.416 e. The van der Waals surface area contributed by atoms with Crippen LogP contribution in [-0.2, 0) is 17.5 Å². The third kappa shape index (κ3) is 5.65. The Morgan fingerprint density at radius 2 is 1.82 bits per heavy atom. The van der Waals surface area contributed by atoms with Crippen molar-refractivity contribution in [3.8, 4) is 0 Å². The van der Waals surface area contributed by atoms with Crippen molar-refractivity contribution in [2.24, 2.45) is 0 Å². The van der Waals surface area contributed by atoms with Crippen LogP contribution in [0, 0.1) is 6.92 Å². The van der Waals surface area contributed by atoms with Crippen LogP contribution in [0.1, 0.15) is 53.0 Å². The first-order valence-corrected chi connectivity index (χ1v) is 13.1. The first kappa shape index (κ1) is 29.0. The minimum Gasteiger partial charge on any atom is -0.498 e. The van der Waals surface area contributed by atoms with Gasteiger partial charge in [0.15, 0.2) is 5.82 Å². The minimum atomic E-state index is -4.51. The zero-order chi connectivity index (χ0) is 29.2. The molecule has 0 fully saturated rings. The summed E-state index contributed by atoms with van der Waals surface area (Å²) in [5.74, 6) is 1.20. The zero-order valence-corrected chi connectivity index (χ0v) is 23.1. The van der Waals surface area contributed by atoms with Gasteiger partial charge in [-0.25, -0.2) is 4.98 Å². The molecule has 0 aliphatic carbocycles. The maximum absolute atomic E-state index is 13.7. The zero-order valence-electron chi connectivity index (χ0n) is 23.1. The summed E-state index contributed by atoms with van der Waals surface area (Å²) < 4.78 is 49.0. The van der Waals surface area contributed by atoms with Gasteiger partial charge in [-0.1, -0.05) is 67.8 Å². The number of fused-ring (bicyclic) bond motifs is 1. The molecule has 1 aliphatic rings. The molecule has 1 aromatic heterocycles. The van der Waals surface area contributed by atoms with Crippen LogP contribution in [0.5, 0.6) is 0 Å². The predicted molar refractivity (Wildman–Crippen MR) is 152 cm³/mol. The van der Waals surface area contributed by atoms with Crippen LogP contribution in [0.2, 0.25) is 0 Å². The van der Waals surface area contributed by atoms with Crippen molar-refractivity contribution in [2.75, 3.05) is 31.7 Å². The van der Waals surface area contributed by atoms with Gasteiger partial charge in [-0.3, -0.25) is 0 Å². The van der Waals surface area contributed by atoms with Crippen molar-refractivity contribution in [2.45, 2.75) is 38.9 Å². The Bertz CT molecular complexity index is 1410. The fraction of sp³-hybridized carbons (Fsp3) is 0.323. The van der Waals surface area contributed by atoms with E-state index in [0.717, 1.165) is 23.3 Å². The van der Waals surface area contributed by atoms with E-state index in [-0.39, 0.29) is 6.61 Å². The van der Waals surface area contributed by atoms with Gasteiger partial charge in [0.25, 0.3) is 0 Å². The molecule has 0 saturated carbocycles. The molecule has 0 bridgehead atoms. The van der Waals surface area contributed by atoms with Crippen LogP contribution in [0.15, 0.2) is 79.8 Å². The molecule has 0 saturated heterocycles. The van der Waals surface area contributed by atoms with Crippen molar-refractivity contribution in [3.63, 3.8) is 0 Å². The van der Waals surface area contributed by atoms with Gasteiger partial charge in [0, 0.05) is 26.7 Å². The summed E-state index contributed by atoms with van der Waals surface area (Å²) in [4.78, 5) is 8.76. The van der Waals surface area contributed by atoms with Crippen molar-refractivity contribution >= 4 is 11.5 Å². The van der Waals surface area contributed by atoms with Gasteiger partial charge in [0.05, 0.1) is 23.8 Å². The van der Waals surface area contributed by atoms with Crippen LogP contribution < -0.4 is 4.90 Å². The largest absolute Gasteiger partial charge is 0.498 e. The van der Waals surface area contributed by atoms with Crippen LogP contribution in [0.3, 0.4) is 0 Å². The smallest absolute Gasteiger partial charge is 0.416 e. The molecule has 0 spiro atoms. The number of halogens is 3. The topological polar surface area (TPSA) is 53.8 Å². The molecule has 2 heterocycles. The van der Waals surface area contributed by atoms with Crippen molar-refractivity contribution in [1.29, 1.82) is 0 Å². The summed E-state index contributed by atoms with van der Waals surface area (Å²) in [7, 11) is 1.84. The number of imidazole rings is 1. The molecule has 0 amide bonds. The average molecular weight is 553 g/mol. The molecule has 1 N–H and O–H groups in total. The van der Waals surface area contributed by atoms with Gasteiger partial charge >= 0.3 is 6.18 Å². The molecule has 1 atom stereocenters. The van der Waals surface area contributed by atoms with E-state index in [1.807, 2.05) is 52.6 Å². The van der Waals surface area contributed by atoms with E-state index in [1.54, 1.807) is 13.0 Å². The third-order valence-corrected chi connectivity index (χ3v) is 7.05. The number of alkyl halides is 3. The third-order valence-electron chi connectivity index (χ3n) is 7.05. The molecule has 6 nitrogen and oxygen atoms in total. The molecule has 212 valence electrons. The highest BCUT2D eigenvalue weighted by Crippen LogP contribution is 2.43. The number of aliphatic hydroxyl groups is 1. The normalized spacial score (nSPS) is 14.4. The Balaban J connectivity index is 1.96. The maximum atomic E-state index is 13.7. The predicted octanol–water partition coefficient (Wildman–Crippen LogP) is 6.52. The number of benzene rings is 2. The number of ether oxygens (including phenoxy) is 1. The lowest BCUT2D eigenvalue weighted by atomic mass is 9.94. The molecule has 9 heteroatoms. The number of anilines is 1. The van der Waals surface area contributed by atoms with E-state index in [1.165, 1.54) is 6.07 Å². The number of hydrogen-bond donors (Lipinski definition) is 1. The SMILES string of the molecule is C=C(OCC)C(c1cccc(C(F)(F)F)c1)c1nc2c(n1Cc1ccc(C)cc1)C(=C)N(CCCO)C(=C)N2C. The molecule has 0 radical (unpaired) electrons. The van der Waals surface area contributed by atoms with E-state index in [0.29, 0.717) is 66.3 Å². The van der Waals surface area contributed by atoms with Gasteiger partial charge in [0.1, 0.15) is 23.1 Å². The number of allylic oxidation sites excluding steroid dienone is 1. The summed E-state index contributed by atoms with van der Waals surface area (Å²) in [5, 5.41) is 9.48. The van der Waals surface area contributed by atoms with Gasteiger partial charge in [-0.15, -0.1) is 0 Å². The number of aliphatic hydroxyl groups excluding tert-OH is 1. The van der Waals surface area contributed by atoms with E-state index in [4.69, 9.17) is 9.72 Å². The molecular weight excluding hydrogens is 517 g/mol. The lowest BCUT2D eigenvalue weighted by Gasteiger charge is -2.38. The standard InChI is InChI=1S/C31H35F3N4O2/c1-7-40-22(4)27(25-10-8-11-26(18-25)31(32,33)34)29-35-30-28(38(29)19-24-14-12-20(2)13-15-24)21(3)37(16-9-17-39)23(5)36(30)6/h8,10-15,18,27,39H,3-5,7,9,16-17,19H2,1-2,6H3. The summed E-state index contributed by atoms with van der Waals surface area (Å²) >= 11 is 0. The number of rotatable bonds is 10. The number of aromatic nitrogens is 2. The first-order valence-electron chi connectivity index (χ1n) is 13.1. The van der Waals surface area contributed by atoms with E-state index >= 15 is 0 Å². The second kappa shape index (κ2) is 11.6. The average Bonchev–Trinajstić information content (AvgIpc) is 3.27. The summed E-state index contributed by atoms with van der Waals surface area (Å²) in [6.07, 6.45) is -4.00. The van der Waals surface area contributed by atoms with Crippen LogP contribution in [0.25, 0.3) is 5.70 Å². The molecule has 2 aromatic carbocycles. The lowest BCUT2D eigenvalue weighted by Crippen LogP contribution is -2.37. The van der Waals surface area contributed by atoms with Crippen molar-refractivity contribution < 1.29 is 23.0 Å². The number of hydrogen-bond acceptors (Lipinski definition) is 5. The molecule has 4 rings (SSSR count). The first-order chi connectivity index (χ1) is 19.0. The number of nitrogens with zero attached hydrogens (tertiary/aromatic N) is 4.